The monoisotopic (exact) mass is 565 g/mol. The molecule has 1 amide bonds. The first-order valence-electron chi connectivity index (χ1n) is 14.3. The molecule has 3 aliphatic rings. The van der Waals surface area contributed by atoms with E-state index in [1.807, 2.05) is 23.1 Å². The smallest absolute Gasteiger partial charge is 0.337 e. The number of carboxylic acid groups (broad SMARTS) is 1. The number of carboxylic acids is 1. The van der Waals surface area contributed by atoms with Gasteiger partial charge in [-0.25, -0.2) is 4.79 Å². The Kier molecular flexibility index (Phi) is 6.07. The second kappa shape index (κ2) is 9.72. The number of pyridine rings is 1. The minimum atomic E-state index is -1.06. The number of carbonyl (C=O) groups is 3. The van der Waals surface area contributed by atoms with Crippen LogP contribution in [-0.2, 0) is 0 Å². The predicted octanol–water partition coefficient (Wildman–Crippen LogP) is 5.69. The number of piperidine rings is 1. The first-order chi connectivity index (χ1) is 20.2. The molecular weight excluding hydrogens is 534 g/mol. The Balaban J connectivity index is 1.09. The highest BCUT2D eigenvalue weighted by Crippen LogP contribution is 2.43. The van der Waals surface area contributed by atoms with Crippen LogP contribution < -0.4 is 9.47 Å². The maximum atomic E-state index is 13.7. The van der Waals surface area contributed by atoms with Crippen LogP contribution >= 0.6 is 0 Å². The van der Waals surface area contributed by atoms with E-state index in [9.17, 15) is 19.5 Å². The lowest BCUT2D eigenvalue weighted by Crippen LogP contribution is -2.52. The van der Waals surface area contributed by atoms with Crippen LogP contribution in [0.15, 0.2) is 55.0 Å². The second-order valence-corrected chi connectivity index (χ2v) is 11.7. The second-order valence-electron chi connectivity index (χ2n) is 11.7. The number of nitrogens with zero attached hydrogens (tertiary/aromatic N) is 3. The van der Waals surface area contributed by atoms with Crippen LogP contribution in [-0.4, -0.2) is 63.0 Å². The number of ketones is 1. The van der Waals surface area contributed by atoms with Crippen molar-refractivity contribution in [3.05, 3.63) is 77.2 Å². The fourth-order valence-corrected chi connectivity index (χ4v) is 6.45. The van der Waals surface area contributed by atoms with Gasteiger partial charge in [0.05, 0.1) is 30.2 Å². The SMILES string of the molecule is COc1cc(C(=O)N2CCC3(CC2)CC(=O)c2cc(-c4cncc(C(=O)O)c4)ccc2O3)cc2c1c(C)cn2C1CC1. The number of aromatic nitrogens is 2. The Morgan fingerprint density at radius 2 is 1.83 bits per heavy atom. The number of amides is 1. The molecule has 1 aliphatic carbocycles. The molecule has 0 radical (unpaired) electrons. The zero-order valence-corrected chi connectivity index (χ0v) is 23.6. The summed E-state index contributed by atoms with van der Waals surface area (Å²) in [5.41, 5.74) is 4.01. The van der Waals surface area contributed by atoms with Crippen molar-refractivity contribution in [2.45, 2.75) is 50.7 Å². The molecule has 2 aromatic carbocycles. The number of carbonyl (C=O) groups excluding carboxylic acids is 2. The highest BCUT2D eigenvalue weighted by atomic mass is 16.5. The van der Waals surface area contributed by atoms with Crippen LogP contribution in [0.1, 0.15) is 74.8 Å². The molecule has 4 heterocycles. The van der Waals surface area contributed by atoms with Gasteiger partial charge >= 0.3 is 5.97 Å². The lowest BCUT2D eigenvalue weighted by Gasteiger charge is -2.44. The van der Waals surface area contributed by atoms with Crippen molar-refractivity contribution in [1.29, 1.82) is 0 Å². The summed E-state index contributed by atoms with van der Waals surface area (Å²) in [4.78, 5) is 44.3. The van der Waals surface area contributed by atoms with E-state index in [4.69, 9.17) is 9.47 Å². The highest BCUT2D eigenvalue weighted by molar-refractivity contribution is 6.03. The molecule has 2 aromatic heterocycles. The zero-order chi connectivity index (χ0) is 29.2. The Morgan fingerprint density at radius 3 is 2.55 bits per heavy atom. The van der Waals surface area contributed by atoms with Crippen LogP contribution in [0.5, 0.6) is 11.5 Å². The molecule has 1 N–H and O–H groups in total. The third kappa shape index (κ3) is 4.40. The Hall–Kier alpha value is -4.66. The summed E-state index contributed by atoms with van der Waals surface area (Å²) < 4.78 is 14.5. The average molecular weight is 566 g/mol. The van der Waals surface area contributed by atoms with Gasteiger partial charge < -0.3 is 24.0 Å². The standard InChI is InChI=1S/C33H31N3O6/c1-19-18-36(24-4-5-24)26-13-21(14-29(41-2)30(19)26)31(38)35-9-7-33(8-10-35)15-27(37)25-12-20(3-6-28(25)42-33)22-11-23(32(39)40)17-34-16-22/h3,6,11-14,16-18,24H,4-5,7-10,15H2,1-2H3,(H,39,40). The van der Waals surface area contributed by atoms with Crippen molar-refractivity contribution >= 4 is 28.6 Å². The Labute approximate surface area is 242 Å². The number of rotatable bonds is 5. The number of aryl methyl sites for hydroxylation is 1. The maximum absolute atomic E-state index is 13.7. The number of fused-ring (bicyclic) bond motifs is 2. The van der Waals surface area contributed by atoms with Gasteiger partial charge in [-0.3, -0.25) is 14.6 Å². The fourth-order valence-electron chi connectivity index (χ4n) is 6.45. The first kappa shape index (κ1) is 26.3. The van der Waals surface area contributed by atoms with Gasteiger partial charge in [0.1, 0.15) is 17.1 Å². The number of likely N-dealkylation sites (tertiary alicyclic amines) is 1. The van der Waals surface area contributed by atoms with Crippen LogP contribution in [0.4, 0.5) is 0 Å². The van der Waals surface area contributed by atoms with Crippen LogP contribution in [0.3, 0.4) is 0 Å². The number of hydrogen-bond donors (Lipinski definition) is 1. The molecule has 4 aromatic rings. The summed E-state index contributed by atoms with van der Waals surface area (Å²) in [7, 11) is 1.64. The van der Waals surface area contributed by atoms with Crippen molar-refractivity contribution < 1.29 is 29.0 Å². The van der Waals surface area contributed by atoms with Crippen LogP contribution in [0, 0.1) is 6.92 Å². The van der Waals surface area contributed by atoms with Gasteiger partial charge in [-0.2, -0.15) is 0 Å². The number of Topliss-reactive ketones (excluding diaryl/α,β-unsaturated/α-hetero) is 1. The molecule has 9 heteroatoms. The van der Waals surface area contributed by atoms with Crippen molar-refractivity contribution in [1.82, 2.24) is 14.5 Å². The number of methoxy groups -OCH3 is 1. The molecule has 7 rings (SSSR count). The van der Waals surface area contributed by atoms with Gasteiger partial charge in [-0.1, -0.05) is 6.07 Å². The number of ether oxygens (including phenoxy) is 2. The molecule has 42 heavy (non-hydrogen) atoms. The topological polar surface area (TPSA) is 111 Å². The summed E-state index contributed by atoms with van der Waals surface area (Å²) in [5, 5.41) is 10.4. The minimum Gasteiger partial charge on any atom is -0.496 e. The Morgan fingerprint density at radius 1 is 1.05 bits per heavy atom. The van der Waals surface area contributed by atoms with E-state index in [1.54, 1.807) is 25.4 Å². The van der Waals surface area contributed by atoms with Gasteiger partial charge in [0.15, 0.2) is 5.78 Å². The first-order valence-corrected chi connectivity index (χ1v) is 14.3. The van der Waals surface area contributed by atoms with E-state index >= 15 is 0 Å². The van der Waals surface area contributed by atoms with Gasteiger partial charge in [0, 0.05) is 67.1 Å². The van der Waals surface area contributed by atoms with Crippen molar-refractivity contribution in [2.24, 2.45) is 0 Å². The quantitative estimate of drug-likeness (QED) is 0.331. The van der Waals surface area contributed by atoms with E-state index in [0.717, 1.165) is 29.3 Å². The molecule has 1 spiro atoms. The lowest BCUT2D eigenvalue weighted by molar-refractivity contribution is -0.00572. The van der Waals surface area contributed by atoms with E-state index in [0.29, 0.717) is 65.7 Å². The normalized spacial score (nSPS) is 17.7. The van der Waals surface area contributed by atoms with Crippen molar-refractivity contribution in [2.75, 3.05) is 20.2 Å². The van der Waals surface area contributed by atoms with Crippen LogP contribution in [0.25, 0.3) is 22.0 Å². The van der Waals surface area contributed by atoms with E-state index in [-0.39, 0.29) is 23.7 Å². The van der Waals surface area contributed by atoms with Crippen LogP contribution in [0.2, 0.25) is 0 Å². The lowest BCUT2D eigenvalue weighted by atomic mass is 9.82. The molecule has 2 fully saturated rings. The third-order valence-electron chi connectivity index (χ3n) is 8.86. The highest BCUT2D eigenvalue weighted by Gasteiger charge is 2.44. The molecule has 1 saturated heterocycles. The molecule has 9 nitrogen and oxygen atoms in total. The molecule has 2 aliphatic heterocycles. The summed E-state index contributed by atoms with van der Waals surface area (Å²) >= 11 is 0. The largest absolute Gasteiger partial charge is 0.496 e. The minimum absolute atomic E-state index is 0.0216. The zero-order valence-electron chi connectivity index (χ0n) is 23.6. The average Bonchev–Trinajstić information content (AvgIpc) is 3.79. The third-order valence-corrected chi connectivity index (χ3v) is 8.86. The number of hydrogen-bond acceptors (Lipinski definition) is 6. The van der Waals surface area contributed by atoms with Gasteiger partial charge in [-0.15, -0.1) is 0 Å². The van der Waals surface area contributed by atoms with Gasteiger partial charge in [-0.05, 0) is 61.2 Å². The molecule has 1 saturated carbocycles. The summed E-state index contributed by atoms with van der Waals surface area (Å²) in [6.07, 6.45) is 8.65. The summed E-state index contributed by atoms with van der Waals surface area (Å²) in [5.74, 6) is 0.103. The van der Waals surface area contributed by atoms with Crippen molar-refractivity contribution in [3.8, 4) is 22.6 Å². The summed E-state index contributed by atoms with van der Waals surface area (Å²) in [6.45, 7) is 3.04. The summed E-state index contributed by atoms with van der Waals surface area (Å²) in [6, 6.07) is 11.2. The van der Waals surface area contributed by atoms with Crippen molar-refractivity contribution in [3.63, 3.8) is 0 Å². The predicted molar refractivity (Wildman–Crippen MR) is 156 cm³/mol. The molecule has 0 unspecified atom stereocenters. The van der Waals surface area contributed by atoms with E-state index in [1.165, 1.54) is 12.3 Å². The number of benzene rings is 2. The molecule has 0 bridgehead atoms. The van der Waals surface area contributed by atoms with Gasteiger partial charge in [0.2, 0.25) is 0 Å². The maximum Gasteiger partial charge on any atom is 0.337 e. The van der Waals surface area contributed by atoms with Gasteiger partial charge in [0.25, 0.3) is 5.91 Å². The van der Waals surface area contributed by atoms with E-state index < -0.39 is 11.6 Å². The Bertz CT molecular complexity index is 1780. The number of aromatic carboxylic acids is 1. The molecular formula is C33H31N3O6. The fraction of sp³-hybridized carbons (Fsp3) is 0.333. The molecule has 0 atom stereocenters. The molecule has 214 valence electrons. The van der Waals surface area contributed by atoms with E-state index in [2.05, 4.69) is 22.7 Å².